The zero-order valence-electron chi connectivity index (χ0n) is 30.9. The molecular weight excluding hydrogens is 816 g/mol. The molecule has 1 aromatic heterocycles. The molecular formula is C36H38F3N4O13PS. The average molecular weight is 855 g/mol. The highest BCUT2D eigenvalue weighted by Crippen LogP contribution is 2.42. The number of ether oxygens (including phenoxy) is 6. The monoisotopic (exact) mass is 854 g/mol. The number of esters is 2. The molecule has 1 saturated heterocycles. The maximum atomic E-state index is 15.7. The molecule has 1 fully saturated rings. The molecule has 3 atom stereocenters. The summed E-state index contributed by atoms with van der Waals surface area (Å²) in [5, 5.41) is 11.7. The fourth-order valence-corrected chi connectivity index (χ4v) is 6.96. The second-order valence-electron chi connectivity index (χ2n) is 12.2. The highest BCUT2D eigenvalue weighted by Gasteiger charge is 2.47. The minimum atomic E-state index is -4.75. The summed E-state index contributed by atoms with van der Waals surface area (Å²) in [5.41, 5.74) is -1.76. The van der Waals surface area contributed by atoms with Crippen molar-refractivity contribution in [2.24, 2.45) is 0 Å². The minimum absolute atomic E-state index is 0.120. The molecule has 0 radical (unpaired) electrons. The topological polar surface area (TPSA) is 228 Å². The molecule has 4 rings (SSSR count). The van der Waals surface area contributed by atoms with Crippen LogP contribution in [0.15, 0.2) is 67.3 Å². The number of benzene rings is 2. The van der Waals surface area contributed by atoms with E-state index in [4.69, 9.17) is 43.5 Å². The number of hydrogen-bond donors (Lipinski definition) is 2. The maximum Gasteiger partial charge on any atom is 0.512 e. The fourth-order valence-electron chi connectivity index (χ4n) is 5.29. The third-order valence-corrected chi connectivity index (χ3v) is 9.91. The van der Waals surface area contributed by atoms with Crippen LogP contribution in [0.2, 0.25) is 0 Å². The van der Waals surface area contributed by atoms with Crippen LogP contribution in [-0.4, -0.2) is 92.2 Å². The average Bonchev–Trinajstić information content (AvgIpc) is 3.67. The SMILES string of the molecule is CC(OC(=O)CCC(=O)OCCOP(=O)(O)O)OC(=O)OC(Cn1cncn1)(c1ccc(F)cc1F)C(C)SC1COC(C=CC=Cc2ccc(C#N)cc2F)OC1. The van der Waals surface area contributed by atoms with Gasteiger partial charge >= 0.3 is 25.9 Å². The lowest BCUT2D eigenvalue weighted by Crippen LogP contribution is -2.47. The van der Waals surface area contributed by atoms with E-state index in [1.165, 1.54) is 54.2 Å². The minimum Gasteiger partial charge on any atom is -0.463 e. The Labute approximate surface area is 333 Å². The molecule has 312 valence electrons. The largest absolute Gasteiger partial charge is 0.512 e. The molecule has 2 heterocycles. The number of carbonyl (C=O) groups is 3. The number of allylic oxidation sites excluding steroid dienone is 2. The molecule has 0 aliphatic carbocycles. The first-order valence-electron chi connectivity index (χ1n) is 17.2. The van der Waals surface area contributed by atoms with E-state index >= 15 is 4.39 Å². The number of nitrogens with zero attached hydrogens (tertiary/aromatic N) is 4. The van der Waals surface area contributed by atoms with E-state index < -0.39 is 98.1 Å². The Morgan fingerprint density at radius 3 is 2.45 bits per heavy atom. The molecule has 2 aromatic carbocycles. The van der Waals surface area contributed by atoms with Crippen LogP contribution in [0.1, 0.15) is 43.4 Å². The van der Waals surface area contributed by atoms with Crippen molar-refractivity contribution in [3.63, 3.8) is 0 Å². The highest BCUT2D eigenvalue weighted by molar-refractivity contribution is 8.00. The van der Waals surface area contributed by atoms with Gasteiger partial charge in [-0.15, -0.1) is 11.8 Å². The number of rotatable bonds is 19. The molecule has 22 heteroatoms. The Balaban J connectivity index is 1.41. The lowest BCUT2D eigenvalue weighted by atomic mass is 9.89. The molecule has 3 aromatic rings. The maximum absolute atomic E-state index is 15.7. The molecule has 1 aliphatic heterocycles. The molecule has 1 aliphatic rings. The molecule has 58 heavy (non-hydrogen) atoms. The van der Waals surface area contributed by atoms with Crippen LogP contribution >= 0.6 is 19.6 Å². The van der Waals surface area contributed by atoms with Gasteiger partial charge < -0.3 is 38.2 Å². The van der Waals surface area contributed by atoms with E-state index in [-0.39, 0.29) is 36.4 Å². The van der Waals surface area contributed by atoms with Crippen molar-refractivity contribution in [2.75, 3.05) is 26.4 Å². The summed E-state index contributed by atoms with van der Waals surface area (Å²) in [5.74, 6) is -4.41. The number of nitriles is 1. The van der Waals surface area contributed by atoms with Crippen molar-refractivity contribution in [2.45, 2.75) is 61.9 Å². The second kappa shape index (κ2) is 21.6. The molecule has 0 saturated carbocycles. The van der Waals surface area contributed by atoms with E-state index in [0.717, 1.165) is 18.2 Å². The predicted molar refractivity (Wildman–Crippen MR) is 195 cm³/mol. The number of halogens is 3. The van der Waals surface area contributed by atoms with Crippen molar-refractivity contribution in [1.82, 2.24) is 14.8 Å². The zero-order chi connectivity index (χ0) is 42.3. The van der Waals surface area contributed by atoms with Gasteiger partial charge in [0.15, 0.2) is 11.9 Å². The number of phosphoric ester groups is 1. The number of carbonyl (C=O) groups excluding carboxylic acids is 3. The van der Waals surface area contributed by atoms with E-state index in [1.807, 2.05) is 6.07 Å². The first-order valence-corrected chi connectivity index (χ1v) is 19.7. The van der Waals surface area contributed by atoms with E-state index in [0.29, 0.717) is 6.07 Å². The van der Waals surface area contributed by atoms with Gasteiger partial charge in [0.25, 0.3) is 0 Å². The van der Waals surface area contributed by atoms with Crippen molar-refractivity contribution < 1.29 is 74.9 Å². The molecule has 17 nitrogen and oxygen atoms in total. The van der Waals surface area contributed by atoms with Gasteiger partial charge in [-0.05, 0) is 37.3 Å². The molecule has 0 bridgehead atoms. The van der Waals surface area contributed by atoms with E-state index in [2.05, 4.69) is 14.6 Å². The predicted octanol–water partition coefficient (Wildman–Crippen LogP) is 5.07. The van der Waals surface area contributed by atoms with Crippen molar-refractivity contribution in [3.8, 4) is 6.07 Å². The third-order valence-electron chi connectivity index (χ3n) is 7.95. The molecule has 2 N–H and O–H groups in total. The Bertz CT molecular complexity index is 2020. The molecule has 0 spiro atoms. The number of thioether (sulfide) groups is 1. The Hall–Kier alpha value is -5.07. The zero-order valence-corrected chi connectivity index (χ0v) is 32.6. The summed E-state index contributed by atoms with van der Waals surface area (Å²) < 4.78 is 92.6. The number of aromatic nitrogens is 3. The smallest absolute Gasteiger partial charge is 0.463 e. The second-order valence-corrected chi connectivity index (χ2v) is 15.1. The Morgan fingerprint density at radius 2 is 1.79 bits per heavy atom. The Morgan fingerprint density at radius 1 is 1.05 bits per heavy atom. The van der Waals surface area contributed by atoms with Crippen molar-refractivity contribution >= 4 is 43.8 Å². The lowest BCUT2D eigenvalue weighted by Gasteiger charge is -2.40. The first kappa shape index (κ1) is 45.6. The summed E-state index contributed by atoms with van der Waals surface area (Å²) in [4.78, 5) is 58.8. The van der Waals surface area contributed by atoms with E-state index in [1.54, 1.807) is 25.2 Å². The van der Waals surface area contributed by atoms with Crippen molar-refractivity contribution in [3.05, 3.63) is 101 Å². The standard InChI is InChI=1S/C36H38F3N4O13PS/c1-23(58-28-18-51-34(52-19-28)6-4-3-5-26-8-7-25(17-40)15-30(26)38)36(20-43-22-41-21-42-43,29-10-9-27(37)16-31(29)39)56-35(46)55-24(2)54-33(45)12-11-32(44)50-13-14-53-57(47,48)49/h3-10,15-16,21-24,28,34H,11-14,18-20H2,1-2H3,(H2,47,48,49). The van der Waals surface area contributed by atoms with Crippen LogP contribution in [0.25, 0.3) is 6.08 Å². The van der Waals surface area contributed by atoms with Crippen LogP contribution in [0, 0.1) is 28.8 Å². The third kappa shape index (κ3) is 14.4. The highest BCUT2D eigenvalue weighted by atomic mass is 32.2. The summed E-state index contributed by atoms with van der Waals surface area (Å²) in [7, 11) is -4.75. The van der Waals surface area contributed by atoms with Crippen LogP contribution in [-0.2, 0) is 59.2 Å². The summed E-state index contributed by atoms with van der Waals surface area (Å²) >= 11 is 1.20. The number of hydrogen-bond acceptors (Lipinski definition) is 15. The fraction of sp³-hybridized carbons (Fsp3) is 0.389. The molecule has 3 unspecified atom stereocenters. The van der Waals surface area contributed by atoms with Gasteiger partial charge in [-0.2, -0.15) is 10.4 Å². The van der Waals surface area contributed by atoms with Crippen LogP contribution in [0.4, 0.5) is 18.0 Å². The van der Waals surface area contributed by atoms with E-state index in [9.17, 15) is 27.7 Å². The quantitative estimate of drug-likeness (QED) is 0.0401. The lowest BCUT2D eigenvalue weighted by molar-refractivity contribution is -0.173. The summed E-state index contributed by atoms with van der Waals surface area (Å²) in [6, 6.07) is 8.67. The van der Waals surface area contributed by atoms with Crippen LogP contribution in [0.5, 0.6) is 0 Å². The van der Waals surface area contributed by atoms with Gasteiger partial charge in [0, 0.05) is 29.4 Å². The van der Waals surface area contributed by atoms with Gasteiger partial charge in [-0.1, -0.05) is 24.3 Å². The van der Waals surface area contributed by atoms with Gasteiger partial charge in [-0.3, -0.25) is 14.1 Å². The van der Waals surface area contributed by atoms with Crippen molar-refractivity contribution in [1.29, 1.82) is 5.26 Å². The van der Waals surface area contributed by atoms with Crippen LogP contribution in [0.3, 0.4) is 0 Å². The summed E-state index contributed by atoms with van der Waals surface area (Å²) in [6.45, 7) is 1.62. The molecule has 0 amide bonds. The van der Waals surface area contributed by atoms with Gasteiger partial charge in [0.2, 0.25) is 6.29 Å². The normalized spacial score (nSPS) is 17.9. The first-order chi connectivity index (χ1) is 27.6. The number of phosphoric acid groups is 1. The van der Waals surface area contributed by atoms with Gasteiger partial charge in [0.05, 0.1) is 56.1 Å². The Kier molecular flexibility index (Phi) is 17.0. The van der Waals surface area contributed by atoms with Crippen LogP contribution < -0.4 is 0 Å². The van der Waals surface area contributed by atoms with Gasteiger partial charge in [0.1, 0.15) is 36.7 Å². The van der Waals surface area contributed by atoms with Gasteiger partial charge in [-0.25, -0.2) is 32.2 Å². The summed E-state index contributed by atoms with van der Waals surface area (Å²) in [6.07, 6.45) is 3.98.